The molecule has 8 nitrogen and oxygen atoms in total. The van der Waals surface area contributed by atoms with E-state index in [1.54, 1.807) is 48.5 Å². The maximum atomic E-state index is 11.2. The van der Waals surface area contributed by atoms with Crippen molar-refractivity contribution in [2.24, 2.45) is 0 Å². The van der Waals surface area contributed by atoms with Crippen LogP contribution in [0.3, 0.4) is 0 Å². The minimum atomic E-state index is -0.233. The minimum absolute atomic E-state index is 0. The Morgan fingerprint density at radius 3 is 1.14 bits per heavy atom. The van der Waals surface area contributed by atoms with Crippen LogP contribution in [0.2, 0.25) is 0 Å². The normalized spacial score (nSPS) is 8.81. The van der Waals surface area contributed by atoms with Gasteiger partial charge in [0.25, 0.3) is 0 Å². The molecule has 0 heterocycles. The van der Waals surface area contributed by atoms with E-state index in [4.69, 9.17) is 0 Å². The molecule has 0 N–H and O–H groups in total. The summed E-state index contributed by atoms with van der Waals surface area (Å²) in [5, 5.41) is 19.1. The van der Waals surface area contributed by atoms with E-state index >= 15 is 0 Å². The number of Topliss-reactive ketones (excluding diaryl/α,β-unsaturated/α-hetero) is 4. The van der Waals surface area contributed by atoms with Crippen LogP contribution in [0.5, 0.6) is 0 Å². The second kappa shape index (κ2) is 28.0. The first-order valence-electron chi connectivity index (χ1n) is 11.4. The Kier molecular flexibility index (Phi) is 29.5. The number of rotatable bonds is 12. The molecular formula is C28H36O8Ti-4. The Morgan fingerprint density at radius 1 is 0.649 bits per heavy atom. The molecule has 204 valence electrons. The molecule has 0 bridgehead atoms. The number of benzene rings is 2. The van der Waals surface area contributed by atoms with Crippen LogP contribution < -0.4 is 10.2 Å². The van der Waals surface area contributed by atoms with Gasteiger partial charge in [0.05, 0.1) is 11.6 Å². The van der Waals surface area contributed by atoms with Crippen LogP contribution in [0.4, 0.5) is 0 Å². The zero-order valence-electron chi connectivity index (χ0n) is 21.9. The van der Waals surface area contributed by atoms with Gasteiger partial charge in [-0.25, -0.2) is 0 Å². The molecule has 0 aromatic heterocycles. The molecule has 0 atom stereocenters. The van der Waals surface area contributed by atoms with Crippen LogP contribution in [-0.4, -0.2) is 62.8 Å². The summed E-state index contributed by atoms with van der Waals surface area (Å²) in [6, 6.07) is 17.4. The Balaban J connectivity index is -0.000000436. The number of ketones is 4. The third-order valence-corrected chi connectivity index (χ3v) is 3.65. The Labute approximate surface area is 235 Å². The van der Waals surface area contributed by atoms with Gasteiger partial charge >= 0.3 is 0 Å². The first-order valence-corrected chi connectivity index (χ1v) is 11.4. The molecule has 0 aliphatic rings. The molecule has 2 aromatic carbocycles. The molecule has 0 aliphatic carbocycles. The van der Waals surface area contributed by atoms with Crippen molar-refractivity contribution >= 4 is 23.1 Å². The summed E-state index contributed by atoms with van der Waals surface area (Å²) in [6.07, 6.45) is 2.19. The summed E-state index contributed by atoms with van der Waals surface area (Å²) >= 11 is 0. The molecule has 0 spiro atoms. The molecule has 37 heavy (non-hydrogen) atoms. The maximum absolute atomic E-state index is 11.2. The molecule has 9 heteroatoms. The van der Waals surface area contributed by atoms with Crippen LogP contribution in [0, 0.1) is 12.8 Å². The van der Waals surface area contributed by atoms with Gasteiger partial charge in [-0.2, -0.15) is 0 Å². The zero-order valence-corrected chi connectivity index (χ0v) is 23.5. The quantitative estimate of drug-likeness (QED) is 0.130. The fraction of sp³-hybridized carbons (Fsp3) is 0.357. The predicted molar refractivity (Wildman–Crippen MR) is 134 cm³/mol. The van der Waals surface area contributed by atoms with Crippen molar-refractivity contribution in [2.45, 2.75) is 27.7 Å². The van der Waals surface area contributed by atoms with Crippen molar-refractivity contribution in [1.82, 2.24) is 0 Å². The van der Waals surface area contributed by atoms with Crippen molar-refractivity contribution in [2.75, 3.05) is 39.6 Å². The van der Waals surface area contributed by atoms with Crippen molar-refractivity contribution in [3.8, 4) is 0 Å². The van der Waals surface area contributed by atoms with E-state index in [1.807, 2.05) is 26.0 Å². The zero-order chi connectivity index (χ0) is 27.6. The SMILES string of the molecule is CC(=O)[CH-]C(=O)c1ccccc1.CC(=O)[CH-]C(=O)c1ccccc1.CCOCC[O-].CCOCC[O-].[Ti]. The van der Waals surface area contributed by atoms with Crippen LogP contribution >= 0.6 is 0 Å². The van der Waals surface area contributed by atoms with E-state index in [9.17, 15) is 29.4 Å². The minimum Gasteiger partial charge on any atom is -0.853 e. The number of hydrogen-bond acceptors (Lipinski definition) is 8. The third kappa shape index (κ3) is 26.3. The molecular weight excluding hydrogens is 512 g/mol. The summed E-state index contributed by atoms with van der Waals surface area (Å²) in [4.78, 5) is 43.5. The predicted octanol–water partition coefficient (Wildman–Crippen LogP) is 2.09. The fourth-order valence-corrected chi connectivity index (χ4v) is 2.15. The van der Waals surface area contributed by atoms with Gasteiger partial charge in [0.2, 0.25) is 0 Å². The van der Waals surface area contributed by atoms with E-state index in [2.05, 4.69) is 9.47 Å². The summed E-state index contributed by atoms with van der Waals surface area (Å²) in [7, 11) is 0. The van der Waals surface area contributed by atoms with Crippen molar-refractivity contribution in [3.05, 3.63) is 84.6 Å². The maximum Gasteiger partial charge on any atom is 0.0768 e. The van der Waals surface area contributed by atoms with Gasteiger partial charge in [-0.15, -0.1) is 61.4 Å². The topological polar surface area (TPSA) is 133 Å². The van der Waals surface area contributed by atoms with Gasteiger partial charge in [-0.1, -0.05) is 36.4 Å². The average molecular weight is 548 g/mol. The summed E-state index contributed by atoms with van der Waals surface area (Å²) < 4.78 is 9.34. The number of hydrogen-bond donors (Lipinski definition) is 0. The molecule has 0 unspecified atom stereocenters. The first-order chi connectivity index (χ1) is 17.2. The van der Waals surface area contributed by atoms with Crippen LogP contribution in [0.25, 0.3) is 0 Å². The third-order valence-electron chi connectivity index (χ3n) is 3.65. The fourth-order valence-electron chi connectivity index (χ4n) is 2.15. The van der Waals surface area contributed by atoms with Gasteiger partial charge in [-0.05, 0) is 27.7 Å². The molecule has 0 saturated carbocycles. The van der Waals surface area contributed by atoms with Gasteiger partial charge < -0.3 is 38.9 Å². The van der Waals surface area contributed by atoms with Crippen molar-refractivity contribution < 1.29 is 60.6 Å². The Bertz CT molecular complexity index is 762. The molecule has 2 aromatic rings. The van der Waals surface area contributed by atoms with Gasteiger partial charge in [0.1, 0.15) is 0 Å². The Hall–Kier alpha value is -2.59. The largest absolute Gasteiger partial charge is 0.853 e. The van der Waals surface area contributed by atoms with Crippen LogP contribution in [0.15, 0.2) is 60.7 Å². The summed E-state index contributed by atoms with van der Waals surface area (Å²) in [6.45, 7) is 8.26. The van der Waals surface area contributed by atoms with E-state index in [0.717, 1.165) is 12.8 Å². The van der Waals surface area contributed by atoms with Crippen molar-refractivity contribution in [1.29, 1.82) is 0 Å². The molecule has 0 aliphatic heterocycles. The number of carbonyl (C=O) groups is 4. The first kappa shape index (κ1) is 38.9. The van der Waals surface area contributed by atoms with Gasteiger partial charge in [0, 0.05) is 59.7 Å². The number of ether oxygens (including phenoxy) is 2. The summed E-state index contributed by atoms with van der Waals surface area (Å²) in [5.74, 6) is -0.904. The Morgan fingerprint density at radius 2 is 0.946 bits per heavy atom. The van der Waals surface area contributed by atoms with E-state index in [1.165, 1.54) is 13.8 Å². The standard InChI is InChI=1S/2C10H9O2.2C4H9O2.Ti/c2*1-8(11)7-10(12)9-5-3-2-4-6-9;2*1-2-6-4-3-5;/h2*2-7H,1H3;2*2-4H2,1H3;/q4*-1;. The van der Waals surface area contributed by atoms with Crippen LogP contribution in [0.1, 0.15) is 48.4 Å². The van der Waals surface area contributed by atoms with Gasteiger partial charge in [0.15, 0.2) is 0 Å². The molecule has 2 rings (SSSR count). The monoisotopic (exact) mass is 548 g/mol. The molecule has 0 radical (unpaired) electrons. The molecule has 0 amide bonds. The summed E-state index contributed by atoms with van der Waals surface area (Å²) in [5.41, 5.74) is 1.10. The second-order valence-electron chi connectivity index (χ2n) is 6.77. The van der Waals surface area contributed by atoms with E-state index < -0.39 is 0 Å². The van der Waals surface area contributed by atoms with Crippen molar-refractivity contribution in [3.63, 3.8) is 0 Å². The average Bonchev–Trinajstić information content (AvgIpc) is 2.87. The molecule has 0 fully saturated rings. The smallest absolute Gasteiger partial charge is 0.0768 e. The van der Waals surface area contributed by atoms with E-state index in [0.29, 0.717) is 37.6 Å². The van der Waals surface area contributed by atoms with Crippen LogP contribution in [-0.2, 0) is 40.8 Å². The second-order valence-corrected chi connectivity index (χ2v) is 6.77. The number of carbonyl (C=O) groups excluding carboxylic acids is 4. The van der Waals surface area contributed by atoms with Gasteiger partial charge in [-0.3, -0.25) is 0 Å². The van der Waals surface area contributed by atoms with E-state index in [-0.39, 0.29) is 58.1 Å². The molecule has 0 saturated heterocycles.